The Kier molecular flexibility index (Phi) is 5.45. The molecule has 1 aromatic rings. The highest BCUT2D eigenvalue weighted by Crippen LogP contribution is 2.36. The normalized spacial score (nSPS) is 31.6. The van der Waals surface area contributed by atoms with E-state index in [0.29, 0.717) is 12.6 Å². The topological polar surface area (TPSA) is 70.1 Å². The molecule has 146 valence electrons. The molecule has 1 N–H and O–H groups in total. The predicted octanol–water partition coefficient (Wildman–Crippen LogP) is 1.99. The van der Waals surface area contributed by atoms with E-state index in [9.17, 15) is 14.7 Å². The van der Waals surface area contributed by atoms with Crippen LogP contribution < -0.4 is 0 Å². The fourth-order valence-corrected chi connectivity index (χ4v) is 5.04. The van der Waals surface area contributed by atoms with E-state index in [0.717, 1.165) is 57.4 Å². The van der Waals surface area contributed by atoms with Gasteiger partial charge in [0, 0.05) is 12.6 Å². The van der Waals surface area contributed by atoms with Gasteiger partial charge in [-0.25, -0.2) is 0 Å². The number of benzene rings is 1. The van der Waals surface area contributed by atoms with E-state index in [-0.39, 0.29) is 23.8 Å². The van der Waals surface area contributed by atoms with Crippen LogP contribution in [0.4, 0.5) is 0 Å². The molecule has 0 aromatic heterocycles. The Hall–Kier alpha value is -1.92. The Bertz CT molecular complexity index is 658. The number of carbonyl (C=O) groups is 2. The molecule has 3 fully saturated rings. The molecule has 3 saturated heterocycles. The lowest BCUT2D eigenvalue weighted by molar-refractivity contribution is -0.152. The maximum atomic E-state index is 12.4. The molecule has 0 amide bonds. The number of likely N-dealkylation sites (tertiary alicyclic amines) is 1. The van der Waals surface area contributed by atoms with Gasteiger partial charge in [-0.1, -0.05) is 30.3 Å². The smallest absolute Gasteiger partial charge is 0.321 e. The van der Waals surface area contributed by atoms with Crippen LogP contribution in [0.1, 0.15) is 31.2 Å². The highest BCUT2D eigenvalue weighted by Gasteiger charge is 2.46. The van der Waals surface area contributed by atoms with Crippen LogP contribution in [0.2, 0.25) is 0 Å². The summed E-state index contributed by atoms with van der Waals surface area (Å²) in [6.07, 6.45) is 3.63. The molecule has 3 aliphatic heterocycles. The van der Waals surface area contributed by atoms with Gasteiger partial charge in [-0.15, -0.1) is 0 Å². The van der Waals surface area contributed by atoms with E-state index in [4.69, 9.17) is 4.74 Å². The number of hydrogen-bond acceptors (Lipinski definition) is 5. The van der Waals surface area contributed by atoms with Gasteiger partial charge in [-0.05, 0) is 56.8 Å². The third kappa shape index (κ3) is 4.01. The van der Waals surface area contributed by atoms with Gasteiger partial charge in [0.15, 0.2) is 0 Å². The molecule has 0 saturated carbocycles. The number of fused-ring (bicyclic) bond motifs is 2. The molecule has 6 nitrogen and oxygen atoms in total. The number of esters is 1. The van der Waals surface area contributed by atoms with Crippen LogP contribution in [-0.4, -0.2) is 65.1 Å². The fourth-order valence-electron chi connectivity index (χ4n) is 5.04. The summed E-state index contributed by atoms with van der Waals surface area (Å²) < 4.78 is 5.50. The number of rotatable bonds is 5. The van der Waals surface area contributed by atoms with E-state index in [1.807, 2.05) is 30.3 Å². The summed E-state index contributed by atoms with van der Waals surface area (Å²) in [5, 5.41) is 9.44. The molecule has 0 radical (unpaired) electrons. The highest BCUT2D eigenvalue weighted by atomic mass is 16.5. The second-order valence-corrected chi connectivity index (χ2v) is 8.12. The van der Waals surface area contributed by atoms with Crippen LogP contribution in [0.5, 0.6) is 0 Å². The Labute approximate surface area is 160 Å². The summed E-state index contributed by atoms with van der Waals surface area (Å²) in [5.74, 6) is -0.500. The lowest BCUT2D eigenvalue weighted by atomic mass is 9.87. The third-order valence-electron chi connectivity index (χ3n) is 6.50. The standard InChI is InChI=1S/C21H28N2O4/c24-20(25)19-17-8-11-23(19)13-18(12-17)22-9-6-16(7-10-22)21(26)27-14-15-4-2-1-3-5-15/h1-5,16-19H,6-14H2,(H,24,25)/t17-,18+,19?/m0/s1. The van der Waals surface area contributed by atoms with Crippen molar-refractivity contribution in [1.82, 2.24) is 9.80 Å². The summed E-state index contributed by atoms with van der Waals surface area (Å²) in [4.78, 5) is 28.4. The maximum Gasteiger partial charge on any atom is 0.321 e. The zero-order valence-electron chi connectivity index (χ0n) is 15.6. The number of nitrogens with zero attached hydrogens (tertiary/aromatic N) is 2. The van der Waals surface area contributed by atoms with Crippen molar-refractivity contribution in [1.29, 1.82) is 0 Å². The van der Waals surface area contributed by atoms with Gasteiger partial charge in [0.1, 0.15) is 12.6 Å². The summed E-state index contributed by atoms with van der Waals surface area (Å²) in [6, 6.07) is 9.92. The molecule has 4 rings (SSSR count). The van der Waals surface area contributed by atoms with Crippen molar-refractivity contribution in [2.45, 2.75) is 44.4 Å². The maximum absolute atomic E-state index is 12.4. The SMILES string of the molecule is O=C(OCc1ccccc1)C1CCN([C@@H]2C[C@@H]3CCN(C2)C3C(=O)O)CC1. The zero-order valence-corrected chi connectivity index (χ0v) is 15.6. The van der Waals surface area contributed by atoms with E-state index in [1.165, 1.54) is 0 Å². The minimum Gasteiger partial charge on any atom is -0.480 e. The number of aliphatic carboxylic acids is 1. The van der Waals surface area contributed by atoms with Crippen LogP contribution in [-0.2, 0) is 20.9 Å². The number of hydrogen-bond donors (Lipinski definition) is 1. The van der Waals surface area contributed by atoms with Crippen molar-refractivity contribution >= 4 is 11.9 Å². The monoisotopic (exact) mass is 372 g/mol. The van der Waals surface area contributed by atoms with Gasteiger partial charge in [0.05, 0.1) is 5.92 Å². The van der Waals surface area contributed by atoms with Gasteiger partial charge in [-0.3, -0.25) is 19.4 Å². The van der Waals surface area contributed by atoms with Gasteiger partial charge in [0.2, 0.25) is 0 Å². The van der Waals surface area contributed by atoms with Crippen molar-refractivity contribution in [2.75, 3.05) is 26.2 Å². The van der Waals surface area contributed by atoms with Crippen molar-refractivity contribution in [2.24, 2.45) is 11.8 Å². The first-order valence-corrected chi connectivity index (χ1v) is 10.0. The summed E-state index contributed by atoms with van der Waals surface area (Å²) in [7, 11) is 0. The number of carbonyl (C=O) groups excluding carboxylic acids is 1. The molecule has 0 spiro atoms. The second-order valence-electron chi connectivity index (χ2n) is 8.12. The minimum absolute atomic E-state index is 0.0163. The van der Waals surface area contributed by atoms with E-state index in [1.54, 1.807) is 0 Å². The Morgan fingerprint density at radius 1 is 1.04 bits per heavy atom. The Morgan fingerprint density at radius 3 is 2.41 bits per heavy atom. The Balaban J connectivity index is 1.25. The second kappa shape index (κ2) is 7.98. The summed E-state index contributed by atoms with van der Waals surface area (Å²) in [5.41, 5.74) is 1.02. The first kappa shape index (κ1) is 18.4. The average molecular weight is 372 g/mol. The van der Waals surface area contributed by atoms with Crippen molar-refractivity contribution in [3.05, 3.63) is 35.9 Å². The first-order valence-electron chi connectivity index (χ1n) is 10.0. The van der Waals surface area contributed by atoms with E-state index >= 15 is 0 Å². The fraction of sp³-hybridized carbons (Fsp3) is 0.619. The van der Waals surface area contributed by atoms with E-state index < -0.39 is 5.97 Å². The van der Waals surface area contributed by atoms with E-state index in [2.05, 4.69) is 9.80 Å². The number of carboxylic acid groups (broad SMARTS) is 1. The number of piperidine rings is 2. The summed E-state index contributed by atoms with van der Waals surface area (Å²) in [6.45, 7) is 3.88. The van der Waals surface area contributed by atoms with Crippen LogP contribution >= 0.6 is 0 Å². The van der Waals surface area contributed by atoms with Crippen LogP contribution in [0.25, 0.3) is 0 Å². The molecular weight excluding hydrogens is 344 g/mol. The van der Waals surface area contributed by atoms with Gasteiger partial charge in [-0.2, -0.15) is 0 Å². The van der Waals surface area contributed by atoms with Gasteiger partial charge < -0.3 is 9.84 Å². The Morgan fingerprint density at radius 2 is 1.74 bits per heavy atom. The lowest BCUT2D eigenvalue weighted by Gasteiger charge is -2.43. The van der Waals surface area contributed by atoms with Crippen LogP contribution in [0, 0.1) is 11.8 Å². The quantitative estimate of drug-likeness (QED) is 0.797. The lowest BCUT2D eigenvalue weighted by Crippen LogP contribution is -2.55. The van der Waals surface area contributed by atoms with Crippen molar-refractivity contribution < 1.29 is 19.4 Å². The van der Waals surface area contributed by atoms with Gasteiger partial charge >= 0.3 is 11.9 Å². The molecule has 3 heterocycles. The molecule has 4 atom stereocenters. The largest absolute Gasteiger partial charge is 0.480 e. The van der Waals surface area contributed by atoms with Crippen molar-refractivity contribution in [3.63, 3.8) is 0 Å². The zero-order chi connectivity index (χ0) is 18.8. The van der Waals surface area contributed by atoms with Gasteiger partial charge in [0.25, 0.3) is 0 Å². The molecule has 6 heteroatoms. The molecule has 3 aliphatic rings. The molecule has 0 aliphatic carbocycles. The number of carboxylic acids is 1. The van der Waals surface area contributed by atoms with Crippen LogP contribution in [0.3, 0.4) is 0 Å². The summed E-state index contributed by atoms with van der Waals surface area (Å²) >= 11 is 0. The highest BCUT2D eigenvalue weighted by molar-refractivity contribution is 5.74. The average Bonchev–Trinajstić information content (AvgIpc) is 2.97. The van der Waals surface area contributed by atoms with Crippen molar-refractivity contribution in [3.8, 4) is 0 Å². The minimum atomic E-state index is -0.671. The first-order chi connectivity index (χ1) is 13.1. The number of ether oxygens (including phenoxy) is 1. The third-order valence-corrected chi connectivity index (χ3v) is 6.50. The van der Waals surface area contributed by atoms with Crippen LogP contribution in [0.15, 0.2) is 30.3 Å². The molecule has 27 heavy (non-hydrogen) atoms. The predicted molar refractivity (Wildman–Crippen MR) is 100 cm³/mol. The molecule has 1 aromatic carbocycles. The molecular formula is C21H28N2O4. The molecule has 2 unspecified atom stereocenters. The molecule has 2 bridgehead atoms.